The summed E-state index contributed by atoms with van der Waals surface area (Å²) in [6, 6.07) is 5.04. The number of hydrogen-bond acceptors (Lipinski definition) is 3. The van der Waals surface area contributed by atoms with E-state index >= 15 is 0 Å². The summed E-state index contributed by atoms with van der Waals surface area (Å²) in [6.07, 6.45) is 0.801. The second-order valence-corrected chi connectivity index (χ2v) is 7.35. The molecular weight excluding hydrogens is 262 g/mol. The molecule has 2 rings (SSSR count). The van der Waals surface area contributed by atoms with Crippen molar-refractivity contribution in [1.29, 1.82) is 0 Å². The van der Waals surface area contributed by atoms with Gasteiger partial charge >= 0.3 is 0 Å². The molecule has 0 bridgehead atoms. The van der Waals surface area contributed by atoms with Gasteiger partial charge in [-0.25, -0.2) is 8.42 Å². The Bertz CT molecular complexity index is 548. The molecule has 1 aromatic carbocycles. The topological polar surface area (TPSA) is 57.6 Å². The van der Waals surface area contributed by atoms with Crippen LogP contribution in [0.2, 0.25) is 0 Å². The summed E-state index contributed by atoms with van der Waals surface area (Å²) in [5.74, 6) is 0.200. The van der Waals surface area contributed by atoms with Gasteiger partial charge in [0, 0.05) is 6.54 Å². The third-order valence-electron chi connectivity index (χ3n) is 3.82. The summed E-state index contributed by atoms with van der Waals surface area (Å²) in [6.45, 7) is 6.13. The minimum Gasteiger partial charge on any atom is -0.395 e. The van der Waals surface area contributed by atoms with E-state index in [-0.39, 0.29) is 18.6 Å². The van der Waals surface area contributed by atoms with Crippen molar-refractivity contribution in [3.05, 3.63) is 29.3 Å². The molecule has 106 valence electrons. The van der Waals surface area contributed by atoms with Gasteiger partial charge in [-0.3, -0.25) is 0 Å². The van der Waals surface area contributed by atoms with Gasteiger partial charge in [-0.05, 0) is 49.4 Å². The summed E-state index contributed by atoms with van der Waals surface area (Å²) >= 11 is 0. The van der Waals surface area contributed by atoms with E-state index < -0.39 is 10.0 Å². The smallest absolute Gasteiger partial charge is 0.243 e. The van der Waals surface area contributed by atoms with Gasteiger partial charge in [-0.15, -0.1) is 0 Å². The van der Waals surface area contributed by atoms with Crippen LogP contribution in [0.25, 0.3) is 0 Å². The number of sulfonamides is 1. The maximum absolute atomic E-state index is 12.7. The van der Waals surface area contributed by atoms with Crippen molar-refractivity contribution in [3.8, 4) is 0 Å². The van der Waals surface area contributed by atoms with E-state index in [1.807, 2.05) is 26.8 Å². The maximum atomic E-state index is 12.7. The molecular formula is C14H21NO3S. The fourth-order valence-corrected chi connectivity index (χ4v) is 4.68. The maximum Gasteiger partial charge on any atom is 0.243 e. The van der Waals surface area contributed by atoms with Crippen molar-refractivity contribution in [3.63, 3.8) is 0 Å². The number of aliphatic hydroxyl groups excluding tert-OH is 1. The van der Waals surface area contributed by atoms with E-state index in [9.17, 15) is 13.5 Å². The molecule has 1 aliphatic rings. The van der Waals surface area contributed by atoms with E-state index in [4.69, 9.17) is 0 Å². The first-order chi connectivity index (χ1) is 8.86. The molecule has 19 heavy (non-hydrogen) atoms. The minimum atomic E-state index is -3.50. The van der Waals surface area contributed by atoms with Gasteiger partial charge in [0.15, 0.2) is 0 Å². The van der Waals surface area contributed by atoms with Crippen LogP contribution in [0, 0.1) is 19.8 Å². The SMILES string of the molecule is Cc1cc(C)cc(S(=O)(=O)N2CCC(C)C2CO)c1. The predicted octanol–water partition coefficient (Wildman–Crippen LogP) is 1.69. The highest BCUT2D eigenvalue weighted by atomic mass is 32.2. The van der Waals surface area contributed by atoms with Crippen LogP contribution < -0.4 is 0 Å². The fourth-order valence-electron chi connectivity index (χ4n) is 2.76. The van der Waals surface area contributed by atoms with Gasteiger partial charge in [-0.1, -0.05) is 13.0 Å². The molecule has 2 unspecified atom stereocenters. The average molecular weight is 283 g/mol. The highest BCUT2D eigenvalue weighted by Crippen LogP contribution is 2.30. The Labute approximate surface area is 115 Å². The number of aliphatic hydroxyl groups is 1. The number of hydrogen-bond donors (Lipinski definition) is 1. The van der Waals surface area contributed by atoms with Gasteiger partial charge in [0.1, 0.15) is 0 Å². The standard InChI is InChI=1S/C14H21NO3S/c1-10-6-11(2)8-13(7-10)19(17,18)15-5-4-12(3)14(15)9-16/h6-8,12,14,16H,4-5,9H2,1-3H3. The van der Waals surface area contributed by atoms with Crippen molar-refractivity contribution in [1.82, 2.24) is 4.31 Å². The molecule has 0 radical (unpaired) electrons. The first kappa shape index (κ1) is 14.5. The predicted molar refractivity (Wildman–Crippen MR) is 74.5 cm³/mol. The quantitative estimate of drug-likeness (QED) is 0.918. The highest BCUT2D eigenvalue weighted by molar-refractivity contribution is 7.89. The van der Waals surface area contributed by atoms with Crippen LogP contribution in [0.4, 0.5) is 0 Å². The van der Waals surface area contributed by atoms with Gasteiger partial charge in [-0.2, -0.15) is 4.31 Å². The van der Waals surface area contributed by atoms with Crippen LogP contribution in [0.3, 0.4) is 0 Å². The number of nitrogens with zero attached hydrogens (tertiary/aromatic N) is 1. The monoisotopic (exact) mass is 283 g/mol. The molecule has 4 nitrogen and oxygen atoms in total. The van der Waals surface area contributed by atoms with Crippen LogP contribution in [0.15, 0.2) is 23.1 Å². The lowest BCUT2D eigenvalue weighted by atomic mass is 10.0. The Morgan fingerprint density at radius 1 is 1.26 bits per heavy atom. The largest absolute Gasteiger partial charge is 0.395 e. The average Bonchev–Trinajstić information content (AvgIpc) is 2.69. The summed E-state index contributed by atoms with van der Waals surface area (Å²) in [5.41, 5.74) is 1.87. The lowest BCUT2D eigenvalue weighted by molar-refractivity contribution is 0.191. The van der Waals surface area contributed by atoms with E-state index in [0.29, 0.717) is 11.4 Å². The zero-order valence-electron chi connectivity index (χ0n) is 11.6. The van der Waals surface area contributed by atoms with Gasteiger partial charge < -0.3 is 5.11 Å². The normalized spacial score (nSPS) is 24.8. The molecule has 0 spiro atoms. The zero-order valence-corrected chi connectivity index (χ0v) is 12.4. The van der Waals surface area contributed by atoms with Gasteiger partial charge in [0.05, 0.1) is 17.5 Å². The second-order valence-electron chi connectivity index (χ2n) is 5.46. The van der Waals surface area contributed by atoms with Crippen LogP contribution in [0.1, 0.15) is 24.5 Å². The summed E-state index contributed by atoms with van der Waals surface area (Å²) in [5, 5.41) is 9.42. The number of rotatable bonds is 3. The lowest BCUT2D eigenvalue weighted by Crippen LogP contribution is -2.39. The Morgan fingerprint density at radius 3 is 2.37 bits per heavy atom. The highest BCUT2D eigenvalue weighted by Gasteiger charge is 2.39. The molecule has 5 heteroatoms. The molecule has 0 aromatic heterocycles. The fraction of sp³-hybridized carbons (Fsp3) is 0.571. The minimum absolute atomic E-state index is 0.120. The Kier molecular flexibility index (Phi) is 3.99. The molecule has 1 aliphatic heterocycles. The summed E-state index contributed by atoms with van der Waals surface area (Å²) in [4.78, 5) is 0.331. The molecule has 0 aliphatic carbocycles. The van der Waals surface area contributed by atoms with Crippen LogP contribution in [0.5, 0.6) is 0 Å². The van der Waals surface area contributed by atoms with Gasteiger partial charge in [0.25, 0.3) is 0 Å². The van der Waals surface area contributed by atoms with Gasteiger partial charge in [0.2, 0.25) is 10.0 Å². The second kappa shape index (κ2) is 5.23. The molecule has 1 fully saturated rings. The third kappa shape index (κ3) is 2.68. The first-order valence-electron chi connectivity index (χ1n) is 6.57. The van der Waals surface area contributed by atoms with Crippen molar-refractivity contribution < 1.29 is 13.5 Å². The Morgan fingerprint density at radius 2 is 1.84 bits per heavy atom. The zero-order chi connectivity index (χ0) is 14.2. The molecule has 2 atom stereocenters. The molecule has 1 aromatic rings. The summed E-state index contributed by atoms with van der Waals surface area (Å²) in [7, 11) is -3.50. The van der Waals surface area contributed by atoms with E-state index in [1.54, 1.807) is 12.1 Å². The number of benzene rings is 1. The van der Waals surface area contributed by atoms with Crippen LogP contribution in [-0.4, -0.2) is 37.0 Å². The summed E-state index contributed by atoms with van der Waals surface area (Å²) < 4.78 is 26.8. The Balaban J connectivity index is 2.42. The first-order valence-corrected chi connectivity index (χ1v) is 8.01. The van der Waals surface area contributed by atoms with Crippen molar-refractivity contribution >= 4 is 10.0 Å². The van der Waals surface area contributed by atoms with E-state index in [1.165, 1.54) is 4.31 Å². The third-order valence-corrected chi connectivity index (χ3v) is 5.72. The van der Waals surface area contributed by atoms with Crippen molar-refractivity contribution in [2.24, 2.45) is 5.92 Å². The van der Waals surface area contributed by atoms with E-state index in [0.717, 1.165) is 17.5 Å². The van der Waals surface area contributed by atoms with Crippen molar-refractivity contribution in [2.75, 3.05) is 13.2 Å². The Hall–Kier alpha value is -0.910. The van der Waals surface area contributed by atoms with Crippen LogP contribution >= 0.6 is 0 Å². The molecule has 0 saturated carbocycles. The molecule has 0 amide bonds. The lowest BCUT2D eigenvalue weighted by Gasteiger charge is -2.24. The molecule has 1 heterocycles. The van der Waals surface area contributed by atoms with E-state index in [2.05, 4.69) is 0 Å². The molecule has 1 saturated heterocycles. The van der Waals surface area contributed by atoms with Crippen LogP contribution in [-0.2, 0) is 10.0 Å². The van der Waals surface area contributed by atoms with Crippen molar-refractivity contribution in [2.45, 2.75) is 38.1 Å². The number of aryl methyl sites for hydroxylation is 2. The molecule has 1 N–H and O–H groups in total.